The van der Waals surface area contributed by atoms with Crippen molar-refractivity contribution < 1.29 is 9.90 Å². The highest BCUT2D eigenvalue weighted by atomic mass is 16.4. The second kappa shape index (κ2) is 5.19. The monoisotopic (exact) mass is 234 g/mol. The van der Waals surface area contributed by atoms with Gasteiger partial charge in [0.2, 0.25) is 0 Å². The molecule has 0 aromatic heterocycles. The van der Waals surface area contributed by atoms with Crippen LogP contribution in [0.15, 0.2) is 18.2 Å². The first kappa shape index (κ1) is 11.9. The van der Waals surface area contributed by atoms with Crippen LogP contribution in [-0.2, 0) is 0 Å². The molecule has 1 fully saturated rings. The lowest BCUT2D eigenvalue weighted by Gasteiger charge is -2.25. The molecule has 1 saturated heterocycles. The van der Waals surface area contributed by atoms with Crippen molar-refractivity contribution in [3.8, 4) is 0 Å². The standard InChI is InChI=1S/C13H18N2O2/c1-9-8-11(2-3-12(9)13(16)17)15-10-4-6-14-7-5-10/h2-3,8,10,14-15H,4-7H2,1H3,(H,16,17). The number of carboxylic acid groups (broad SMARTS) is 1. The van der Waals surface area contributed by atoms with Gasteiger partial charge < -0.3 is 15.7 Å². The largest absolute Gasteiger partial charge is 0.478 e. The Kier molecular flexibility index (Phi) is 3.64. The normalized spacial score (nSPS) is 16.8. The molecule has 4 nitrogen and oxygen atoms in total. The van der Waals surface area contributed by atoms with E-state index in [1.165, 1.54) is 0 Å². The van der Waals surface area contributed by atoms with Crippen molar-refractivity contribution >= 4 is 11.7 Å². The van der Waals surface area contributed by atoms with Crippen LogP contribution in [0.3, 0.4) is 0 Å². The van der Waals surface area contributed by atoms with E-state index in [1.807, 2.05) is 19.1 Å². The molecule has 3 N–H and O–H groups in total. The number of nitrogens with one attached hydrogen (secondary N) is 2. The molecule has 1 aliphatic rings. The van der Waals surface area contributed by atoms with E-state index >= 15 is 0 Å². The van der Waals surface area contributed by atoms with Gasteiger partial charge in [-0.2, -0.15) is 0 Å². The van der Waals surface area contributed by atoms with Crippen LogP contribution in [0.1, 0.15) is 28.8 Å². The van der Waals surface area contributed by atoms with Gasteiger partial charge in [0.1, 0.15) is 0 Å². The van der Waals surface area contributed by atoms with Crippen molar-refractivity contribution in [2.75, 3.05) is 18.4 Å². The minimum atomic E-state index is -0.865. The number of benzene rings is 1. The fourth-order valence-corrected chi connectivity index (χ4v) is 2.20. The maximum Gasteiger partial charge on any atom is 0.335 e. The van der Waals surface area contributed by atoms with Gasteiger partial charge in [0.15, 0.2) is 0 Å². The highest BCUT2D eigenvalue weighted by Crippen LogP contribution is 2.18. The van der Waals surface area contributed by atoms with Crippen molar-refractivity contribution in [3.63, 3.8) is 0 Å². The Morgan fingerprint density at radius 1 is 1.41 bits per heavy atom. The van der Waals surface area contributed by atoms with Crippen molar-refractivity contribution in [1.29, 1.82) is 0 Å². The van der Waals surface area contributed by atoms with E-state index in [2.05, 4.69) is 10.6 Å². The molecule has 2 rings (SSSR count). The first-order valence-corrected chi connectivity index (χ1v) is 5.98. The average Bonchev–Trinajstić information content (AvgIpc) is 2.30. The summed E-state index contributed by atoms with van der Waals surface area (Å²) in [5.74, 6) is -0.865. The number of hydrogen-bond donors (Lipinski definition) is 3. The summed E-state index contributed by atoms with van der Waals surface area (Å²) in [7, 11) is 0. The SMILES string of the molecule is Cc1cc(NC2CCNCC2)ccc1C(=O)O. The summed E-state index contributed by atoms with van der Waals surface area (Å²) in [5.41, 5.74) is 2.19. The zero-order chi connectivity index (χ0) is 12.3. The van der Waals surface area contributed by atoms with E-state index < -0.39 is 5.97 Å². The molecule has 17 heavy (non-hydrogen) atoms. The Balaban J connectivity index is 2.06. The van der Waals surface area contributed by atoms with E-state index in [0.29, 0.717) is 11.6 Å². The number of carbonyl (C=O) groups is 1. The quantitative estimate of drug-likeness (QED) is 0.747. The molecule has 92 valence electrons. The van der Waals surface area contributed by atoms with Gasteiger partial charge in [0, 0.05) is 11.7 Å². The zero-order valence-electron chi connectivity index (χ0n) is 9.99. The molecule has 0 aliphatic carbocycles. The van der Waals surface area contributed by atoms with Gasteiger partial charge in [-0.05, 0) is 56.6 Å². The number of carboxylic acids is 1. The molecular weight excluding hydrogens is 216 g/mol. The lowest BCUT2D eigenvalue weighted by Crippen LogP contribution is -2.35. The number of aromatic carboxylic acids is 1. The van der Waals surface area contributed by atoms with E-state index in [9.17, 15) is 4.79 Å². The molecule has 1 aromatic rings. The summed E-state index contributed by atoms with van der Waals surface area (Å²) < 4.78 is 0. The van der Waals surface area contributed by atoms with Crippen molar-refractivity contribution in [3.05, 3.63) is 29.3 Å². The summed E-state index contributed by atoms with van der Waals surface area (Å²) in [6.45, 7) is 3.92. The molecule has 0 spiro atoms. The van der Waals surface area contributed by atoms with Crippen molar-refractivity contribution in [2.24, 2.45) is 0 Å². The molecule has 1 aliphatic heterocycles. The fourth-order valence-electron chi connectivity index (χ4n) is 2.20. The first-order chi connectivity index (χ1) is 8.16. The Morgan fingerprint density at radius 3 is 2.71 bits per heavy atom. The molecule has 0 bridgehead atoms. The first-order valence-electron chi connectivity index (χ1n) is 5.98. The van der Waals surface area contributed by atoms with Crippen LogP contribution in [0.4, 0.5) is 5.69 Å². The number of piperidine rings is 1. The van der Waals surface area contributed by atoms with Crippen LogP contribution < -0.4 is 10.6 Å². The molecular formula is C13H18N2O2. The van der Waals surface area contributed by atoms with Crippen molar-refractivity contribution in [2.45, 2.75) is 25.8 Å². The summed E-state index contributed by atoms with van der Waals surface area (Å²) >= 11 is 0. The van der Waals surface area contributed by atoms with Gasteiger partial charge in [0.05, 0.1) is 5.56 Å². The Hall–Kier alpha value is -1.55. The number of rotatable bonds is 3. The maximum atomic E-state index is 10.9. The van der Waals surface area contributed by atoms with Crippen LogP contribution in [0.5, 0.6) is 0 Å². The molecule has 1 heterocycles. The minimum Gasteiger partial charge on any atom is -0.478 e. The second-order valence-electron chi connectivity index (χ2n) is 4.50. The number of anilines is 1. The maximum absolute atomic E-state index is 10.9. The van der Waals surface area contributed by atoms with Crippen LogP contribution in [0, 0.1) is 6.92 Å². The Morgan fingerprint density at radius 2 is 2.12 bits per heavy atom. The smallest absolute Gasteiger partial charge is 0.335 e. The molecule has 0 atom stereocenters. The van der Waals surface area contributed by atoms with Crippen molar-refractivity contribution in [1.82, 2.24) is 5.32 Å². The highest BCUT2D eigenvalue weighted by molar-refractivity contribution is 5.89. The lowest BCUT2D eigenvalue weighted by molar-refractivity contribution is 0.0696. The van der Waals surface area contributed by atoms with Crippen LogP contribution in [0.2, 0.25) is 0 Å². The van der Waals surface area contributed by atoms with E-state index in [1.54, 1.807) is 6.07 Å². The molecule has 0 unspecified atom stereocenters. The third kappa shape index (κ3) is 2.97. The number of aryl methyl sites for hydroxylation is 1. The van der Waals surface area contributed by atoms with Crippen LogP contribution in [0.25, 0.3) is 0 Å². The topological polar surface area (TPSA) is 61.4 Å². The van der Waals surface area contributed by atoms with Crippen LogP contribution in [-0.4, -0.2) is 30.2 Å². The van der Waals surface area contributed by atoms with E-state index in [0.717, 1.165) is 37.2 Å². The van der Waals surface area contributed by atoms with Crippen LogP contribution >= 0.6 is 0 Å². The predicted molar refractivity (Wildman–Crippen MR) is 67.7 cm³/mol. The van der Waals surface area contributed by atoms with Gasteiger partial charge in [-0.1, -0.05) is 0 Å². The van der Waals surface area contributed by atoms with Gasteiger partial charge >= 0.3 is 5.97 Å². The highest BCUT2D eigenvalue weighted by Gasteiger charge is 2.13. The van der Waals surface area contributed by atoms with Gasteiger partial charge in [0.25, 0.3) is 0 Å². The average molecular weight is 234 g/mol. The molecule has 0 saturated carbocycles. The lowest BCUT2D eigenvalue weighted by atomic mass is 10.0. The fraction of sp³-hybridized carbons (Fsp3) is 0.462. The van der Waals surface area contributed by atoms with Gasteiger partial charge in [-0.25, -0.2) is 4.79 Å². The summed E-state index contributed by atoms with van der Waals surface area (Å²) in [6, 6.07) is 5.91. The van der Waals surface area contributed by atoms with Gasteiger partial charge in [-0.15, -0.1) is 0 Å². The third-order valence-corrected chi connectivity index (χ3v) is 3.17. The third-order valence-electron chi connectivity index (χ3n) is 3.17. The Bertz CT molecular complexity index is 412. The van der Waals surface area contributed by atoms with Gasteiger partial charge in [-0.3, -0.25) is 0 Å². The van der Waals surface area contributed by atoms with E-state index in [-0.39, 0.29) is 0 Å². The predicted octanol–water partition coefficient (Wildman–Crippen LogP) is 1.86. The second-order valence-corrected chi connectivity index (χ2v) is 4.50. The summed E-state index contributed by atoms with van der Waals surface area (Å²) in [6.07, 6.45) is 2.22. The van der Waals surface area contributed by atoms with E-state index in [4.69, 9.17) is 5.11 Å². The molecule has 0 amide bonds. The summed E-state index contributed by atoms with van der Waals surface area (Å²) in [5, 5.41) is 15.7. The zero-order valence-corrected chi connectivity index (χ0v) is 9.99. The Labute approximate surface area is 101 Å². The molecule has 4 heteroatoms. The molecule has 0 radical (unpaired) electrons. The summed E-state index contributed by atoms with van der Waals surface area (Å²) in [4.78, 5) is 10.9. The minimum absolute atomic E-state index is 0.376. The molecule has 1 aromatic carbocycles. The number of hydrogen-bond acceptors (Lipinski definition) is 3.